The minimum Gasteiger partial charge on any atom is -0.469 e. The van der Waals surface area contributed by atoms with Crippen molar-refractivity contribution in [2.45, 2.75) is 51.1 Å². The smallest absolute Gasteiger partial charge is 0.237 e. The number of amides is 1. The predicted octanol–water partition coefficient (Wildman–Crippen LogP) is 2.10. The summed E-state index contributed by atoms with van der Waals surface area (Å²) >= 11 is 0. The van der Waals surface area contributed by atoms with E-state index < -0.39 is 0 Å². The summed E-state index contributed by atoms with van der Waals surface area (Å²) in [6, 6.07) is 4.11. The van der Waals surface area contributed by atoms with Crippen LogP contribution in [0.1, 0.15) is 38.4 Å². The normalized spacial score (nSPS) is 30.1. The van der Waals surface area contributed by atoms with E-state index in [0.29, 0.717) is 5.92 Å². The molecule has 4 nitrogen and oxygen atoms in total. The van der Waals surface area contributed by atoms with E-state index in [1.165, 1.54) is 19.3 Å². The van der Waals surface area contributed by atoms with E-state index in [1.54, 1.807) is 6.26 Å². The molecular weight excluding hydrogens is 252 g/mol. The Morgan fingerprint density at radius 3 is 3.25 bits per heavy atom. The molecular formula is C16H24N2O2. The van der Waals surface area contributed by atoms with Crippen LogP contribution in [-0.2, 0) is 11.2 Å². The summed E-state index contributed by atoms with van der Waals surface area (Å²) in [6.45, 7) is 3.09. The Kier molecular flexibility index (Phi) is 4.10. The van der Waals surface area contributed by atoms with E-state index >= 15 is 0 Å². The number of furan rings is 1. The van der Waals surface area contributed by atoms with E-state index in [9.17, 15) is 4.79 Å². The minimum atomic E-state index is 0.0357. The highest BCUT2D eigenvalue weighted by Gasteiger charge is 2.42. The lowest BCUT2D eigenvalue weighted by atomic mass is 9.93. The van der Waals surface area contributed by atoms with Crippen LogP contribution in [0.25, 0.3) is 0 Å². The molecule has 4 atom stereocenters. The van der Waals surface area contributed by atoms with Gasteiger partial charge in [0.05, 0.1) is 12.3 Å². The van der Waals surface area contributed by atoms with Gasteiger partial charge < -0.3 is 15.1 Å². The Morgan fingerprint density at radius 2 is 2.45 bits per heavy atom. The van der Waals surface area contributed by atoms with E-state index in [1.807, 2.05) is 12.1 Å². The lowest BCUT2D eigenvalue weighted by molar-refractivity contribution is -0.124. The Hall–Kier alpha value is -1.29. The Morgan fingerprint density at radius 1 is 1.55 bits per heavy atom. The van der Waals surface area contributed by atoms with Gasteiger partial charge in [-0.05, 0) is 56.7 Å². The monoisotopic (exact) mass is 276 g/mol. The molecule has 2 N–H and O–H groups in total. The van der Waals surface area contributed by atoms with Crippen LogP contribution >= 0.6 is 0 Å². The number of nitrogens with one attached hydrogen (secondary N) is 2. The largest absolute Gasteiger partial charge is 0.469 e. The predicted molar refractivity (Wildman–Crippen MR) is 77.3 cm³/mol. The van der Waals surface area contributed by atoms with Gasteiger partial charge in [0.2, 0.25) is 5.91 Å². The zero-order chi connectivity index (χ0) is 13.9. The molecule has 0 radical (unpaired) electrons. The number of hydrogen-bond donors (Lipinski definition) is 2. The first-order valence-electron chi connectivity index (χ1n) is 7.80. The van der Waals surface area contributed by atoms with E-state index in [-0.39, 0.29) is 18.0 Å². The van der Waals surface area contributed by atoms with Crippen LogP contribution in [-0.4, -0.2) is 24.5 Å². The molecule has 1 saturated heterocycles. The second kappa shape index (κ2) is 6.00. The summed E-state index contributed by atoms with van der Waals surface area (Å²) in [4.78, 5) is 12.4. The highest BCUT2D eigenvalue weighted by molar-refractivity contribution is 5.82. The molecule has 1 aromatic rings. The van der Waals surface area contributed by atoms with E-state index in [2.05, 4.69) is 17.6 Å². The SMILES string of the molecule is CC(CCc1ccco1)NC(=O)C1NCC2CCCC21. The number of carbonyl (C=O) groups excluding carboxylic acids is 1. The maximum atomic E-state index is 12.4. The molecule has 1 aliphatic heterocycles. The molecule has 1 aliphatic carbocycles. The first-order valence-corrected chi connectivity index (χ1v) is 7.80. The molecule has 1 saturated carbocycles. The van der Waals surface area contributed by atoms with Gasteiger partial charge in [-0.1, -0.05) is 6.42 Å². The maximum Gasteiger partial charge on any atom is 0.237 e. The molecule has 20 heavy (non-hydrogen) atoms. The second-order valence-corrected chi connectivity index (χ2v) is 6.27. The Bertz CT molecular complexity index is 443. The van der Waals surface area contributed by atoms with Gasteiger partial charge in [0.25, 0.3) is 0 Å². The standard InChI is InChI=1S/C16H24N2O2/c1-11(7-8-13-5-3-9-20-13)18-16(19)15-14-6-2-4-12(14)10-17-15/h3,5,9,11-12,14-15,17H,2,4,6-8,10H2,1H3,(H,18,19). The summed E-state index contributed by atoms with van der Waals surface area (Å²) < 4.78 is 5.32. The molecule has 4 unspecified atom stereocenters. The van der Waals surface area contributed by atoms with Crippen molar-refractivity contribution in [3.8, 4) is 0 Å². The third kappa shape index (κ3) is 2.90. The number of carbonyl (C=O) groups is 1. The van der Waals surface area contributed by atoms with Crippen molar-refractivity contribution >= 4 is 5.91 Å². The van der Waals surface area contributed by atoms with Crippen molar-refractivity contribution in [3.05, 3.63) is 24.2 Å². The van der Waals surface area contributed by atoms with Crippen LogP contribution in [0.5, 0.6) is 0 Å². The summed E-state index contributed by atoms with van der Waals surface area (Å²) in [5, 5.41) is 6.56. The highest BCUT2D eigenvalue weighted by Crippen LogP contribution is 2.37. The minimum absolute atomic E-state index is 0.0357. The van der Waals surface area contributed by atoms with E-state index in [4.69, 9.17) is 4.42 Å². The van der Waals surface area contributed by atoms with Crippen LogP contribution in [0, 0.1) is 11.8 Å². The molecule has 0 spiro atoms. The van der Waals surface area contributed by atoms with Gasteiger partial charge in [-0.2, -0.15) is 0 Å². The lowest BCUT2D eigenvalue weighted by Gasteiger charge is -2.21. The first-order chi connectivity index (χ1) is 9.74. The fourth-order valence-electron chi connectivity index (χ4n) is 3.69. The first kappa shape index (κ1) is 13.7. The molecule has 0 aromatic carbocycles. The van der Waals surface area contributed by atoms with E-state index in [0.717, 1.165) is 31.1 Å². The molecule has 2 fully saturated rings. The maximum absolute atomic E-state index is 12.4. The van der Waals surface area contributed by atoms with Gasteiger partial charge in [0.15, 0.2) is 0 Å². The van der Waals surface area contributed by atoms with Crippen LogP contribution in [0.2, 0.25) is 0 Å². The number of rotatable bonds is 5. The molecule has 1 aromatic heterocycles. The third-order valence-corrected chi connectivity index (χ3v) is 4.82. The van der Waals surface area contributed by atoms with Crippen LogP contribution in [0.3, 0.4) is 0 Å². The zero-order valence-electron chi connectivity index (χ0n) is 12.1. The van der Waals surface area contributed by atoms with Crippen molar-refractivity contribution < 1.29 is 9.21 Å². The van der Waals surface area contributed by atoms with Crippen LogP contribution < -0.4 is 10.6 Å². The molecule has 0 bridgehead atoms. The summed E-state index contributed by atoms with van der Waals surface area (Å²) in [5.41, 5.74) is 0. The topological polar surface area (TPSA) is 54.3 Å². The summed E-state index contributed by atoms with van der Waals surface area (Å²) in [6.07, 6.45) is 7.26. The molecule has 1 amide bonds. The summed E-state index contributed by atoms with van der Waals surface area (Å²) in [5.74, 6) is 2.46. The molecule has 2 aliphatic rings. The van der Waals surface area contributed by atoms with Crippen LogP contribution in [0.15, 0.2) is 22.8 Å². The second-order valence-electron chi connectivity index (χ2n) is 6.27. The Labute approximate surface area is 120 Å². The van der Waals surface area contributed by atoms with Crippen LogP contribution in [0.4, 0.5) is 0 Å². The van der Waals surface area contributed by atoms with Gasteiger partial charge in [-0.3, -0.25) is 4.79 Å². The number of hydrogen-bond acceptors (Lipinski definition) is 3. The van der Waals surface area contributed by atoms with Crippen molar-refractivity contribution in [1.82, 2.24) is 10.6 Å². The highest BCUT2D eigenvalue weighted by atomic mass is 16.3. The number of aryl methyl sites for hydroxylation is 1. The van der Waals surface area contributed by atoms with Crippen molar-refractivity contribution in [2.24, 2.45) is 11.8 Å². The van der Waals surface area contributed by atoms with Gasteiger partial charge >= 0.3 is 0 Å². The summed E-state index contributed by atoms with van der Waals surface area (Å²) in [7, 11) is 0. The van der Waals surface area contributed by atoms with Gasteiger partial charge in [-0.15, -0.1) is 0 Å². The van der Waals surface area contributed by atoms with Gasteiger partial charge in [0, 0.05) is 12.5 Å². The third-order valence-electron chi connectivity index (χ3n) is 4.82. The fourth-order valence-corrected chi connectivity index (χ4v) is 3.69. The quantitative estimate of drug-likeness (QED) is 0.866. The average Bonchev–Trinajstić information content (AvgIpc) is 3.13. The lowest BCUT2D eigenvalue weighted by Crippen LogP contribution is -2.47. The number of fused-ring (bicyclic) bond motifs is 1. The van der Waals surface area contributed by atoms with Gasteiger partial charge in [0.1, 0.15) is 5.76 Å². The van der Waals surface area contributed by atoms with Gasteiger partial charge in [-0.25, -0.2) is 0 Å². The fraction of sp³-hybridized carbons (Fsp3) is 0.688. The molecule has 2 heterocycles. The molecule has 3 rings (SSSR count). The van der Waals surface area contributed by atoms with Crippen molar-refractivity contribution in [2.75, 3.05) is 6.54 Å². The zero-order valence-corrected chi connectivity index (χ0v) is 12.1. The molecule has 4 heteroatoms. The van der Waals surface area contributed by atoms with Crippen molar-refractivity contribution in [3.63, 3.8) is 0 Å². The van der Waals surface area contributed by atoms with Crippen molar-refractivity contribution in [1.29, 1.82) is 0 Å². The Balaban J connectivity index is 1.46. The average molecular weight is 276 g/mol. The molecule has 110 valence electrons.